The van der Waals surface area contributed by atoms with Crippen LogP contribution in [0.4, 0.5) is 0 Å². The second-order valence-corrected chi connectivity index (χ2v) is 9.91. The van der Waals surface area contributed by atoms with Crippen LogP contribution in [-0.2, 0) is 5.75 Å². The van der Waals surface area contributed by atoms with Crippen molar-refractivity contribution in [1.29, 1.82) is 0 Å². The average molecular weight is 450 g/mol. The van der Waals surface area contributed by atoms with Gasteiger partial charge in [-0.3, -0.25) is 4.79 Å². The molecule has 3 heterocycles. The topological polar surface area (TPSA) is 59.2 Å². The summed E-state index contributed by atoms with van der Waals surface area (Å²) >= 11 is 3.41. The Morgan fingerprint density at radius 2 is 1.90 bits per heavy atom. The zero-order valence-electron chi connectivity index (χ0n) is 17.3. The van der Waals surface area contributed by atoms with Crippen molar-refractivity contribution in [3.05, 3.63) is 76.6 Å². The largest absolute Gasteiger partial charge is 0.440 e. The predicted octanol–water partition coefficient (Wildman–Crippen LogP) is 5.90. The highest BCUT2D eigenvalue weighted by molar-refractivity contribution is 8.00. The minimum absolute atomic E-state index is 0.103. The lowest BCUT2D eigenvalue weighted by Gasteiger charge is -2.30. The van der Waals surface area contributed by atoms with Gasteiger partial charge in [-0.1, -0.05) is 36.0 Å². The van der Waals surface area contributed by atoms with Crippen LogP contribution in [0.5, 0.6) is 0 Å². The van der Waals surface area contributed by atoms with Gasteiger partial charge >= 0.3 is 0 Å². The number of benzene rings is 2. The molecule has 2 aromatic carbocycles. The molecule has 5 rings (SSSR count). The molecule has 7 heteroatoms. The summed E-state index contributed by atoms with van der Waals surface area (Å²) in [5.74, 6) is 2.03. The van der Waals surface area contributed by atoms with Crippen molar-refractivity contribution in [2.75, 3.05) is 13.1 Å². The summed E-state index contributed by atoms with van der Waals surface area (Å²) in [4.78, 5) is 24.0. The van der Waals surface area contributed by atoms with Crippen molar-refractivity contribution in [3.8, 4) is 0 Å². The molecular weight excluding hydrogens is 426 g/mol. The molecule has 1 aliphatic heterocycles. The number of carbonyl (C=O) groups excluding carboxylic acids is 1. The molecule has 0 spiro atoms. The summed E-state index contributed by atoms with van der Waals surface area (Å²) in [6, 6.07) is 15.8. The van der Waals surface area contributed by atoms with E-state index in [-0.39, 0.29) is 11.8 Å². The summed E-state index contributed by atoms with van der Waals surface area (Å²) in [5.41, 5.74) is 4.75. The van der Waals surface area contributed by atoms with E-state index in [1.54, 1.807) is 23.1 Å². The van der Waals surface area contributed by atoms with E-state index >= 15 is 0 Å². The Kier molecular flexibility index (Phi) is 5.78. The van der Waals surface area contributed by atoms with Gasteiger partial charge in [0.15, 0.2) is 11.5 Å². The maximum Gasteiger partial charge on any atom is 0.253 e. The summed E-state index contributed by atoms with van der Waals surface area (Å²) in [6.45, 7) is 3.46. The third kappa shape index (κ3) is 4.52. The first-order valence-corrected chi connectivity index (χ1v) is 12.3. The third-order valence-corrected chi connectivity index (χ3v) is 7.81. The minimum atomic E-state index is 0.103. The van der Waals surface area contributed by atoms with Crippen molar-refractivity contribution in [1.82, 2.24) is 14.9 Å². The molecule has 1 amide bonds. The molecule has 0 aliphatic carbocycles. The molecule has 0 unspecified atom stereocenters. The Labute approximate surface area is 189 Å². The molecule has 0 radical (unpaired) electrons. The fraction of sp³-hybridized carbons (Fsp3) is 0.292. The van der Waals surface area contributed by atoms with Gasteiger partial charge in [0, 0.05) is 41.4 Å². The lowest BCUT2D eigenvalue weighted by atomic mass is 9.96. The number of thioether (sulfide) groups is 1. The summed E-state index contributed by atoms with van der Waals surface area (Å²) < 4.78 is 7.02. The van der Waals surface area contributed by atoms with Gasteiger partial charge in [-0.25, -0.2) is 9.97 Å². The zero-order valence-corrected chi connectivity index (χ0v) is 18.9. The normalized spacial score (nSPS) is 14.9. The van der Waals surface area contributed by atoms with Crippen LogP contribution in [0.25, 0.3) is 11.1 Å². The third-order valence-electron chi connectivity index (χ3n) is 5.60. The maximum absolute atomic E-state index is 13.0. The van der Waals surface area contributed by atoms with Crippen LogP contribution >= 0.6 is 23.1 Å². The van der Waals surface area contributed by atoms with Gasteiger partial charge in [-0.2, -0.15) is 0 Å². The van der Waals surface area contributed by atoms with Crippen molar-refractivity contribution >= 4 is 40.1 Å². The number of hydrogen-bond donors (Lipinski definition) is 0. The number of nitrogens with zero attached hydrogens (tertiary/aromatic N) is 3. The van der Waals surface area contributed by atoms with Gasteiger partial charge in [-0.15, -0.1) is 11.3 Å². The number of thiazole rings is 1. The molecule has 1 saturated heterocycles. The number of rotatable bonds is 5. The molecule has 0 saturated carbocycles. The highest BCUT2D eigenvalue weighted by atomic mass is 32.2. The second-order valence-electron chi connectivity index (χ2n) is 7.83. The van der Waals surface area contributed by atoms with Gasteiger partial charge in [0.1, 0.15) is 9.86 Å². The maximum atomic E-state index is 13.0. The summed E-state index contributed by atoms with van der Waals surface area (Å²) in [7, 11) is 0. The van der Waals surface area contributed by atoms with Crippen molar-refractivity contribution < 1.29 is 9.21 Å². The lowest BCUT2D eigenvalue weighted by molar-refractivity contribution is 0.0706. The smallest absolute Gasteiger partial charge is 0.253 e. The van der Waals surface area contributed by atoms with Crippen molar-refractivity contribution in [2.45, 2.75) is 35.8 Å². The van der Waals surface area contributed by atoms with Gasteiger partial charge in [0.05, 0.1) is 0 Å². The standard InChI is InChI=1S/C24H23N3O2S2/c1-16-14-30-24(25-16)31-15-17-6-8-19(9-7-17)23(28)27-12-10-18(11-13-27)22-26-20-4-2-3-5-21(20)29-22/h2-9,14,18H,10-13,15H2,1H3. The Morgan fingerprint density at radius 1 is 1.13 bits per heavy atom. The molecule has 1 fully saturated rings. The van der Waals surface area contributed by atoms with Crippen LogP contribution in [0.2, 0.25) is 0 Å². The number of hydrogen-bond acceptors (Lipinski definition) is 6. The van der Waals surface area contributed by atoms with Gasteiger partial charge in [0.25, 0.3) is 5.91 Å². The first kappa shape index (κ1) is 20.3. The second kappa shape index (κ2) is 8.85. The first-order valence-electron chi connectivity index (χ1n) is 10.4. The van der Waals surface area contributed by atoms with Crippen molar-refractivity contribution in [3.63, 3.8) is 0 Å². The average Bonchev–Trinajstić information content (AvgIpc) is 3.43. The number of amides is 1. The number of likely N-dealkylation sites (tertiary alicyclic amines) is 1. The lowest BCUT2D eigenvalue weighted by Crippen LogP contribution is -2.38. The number of oxazole rings is 1. The van der Waals surface area contributed by atoms with Gasteiger partial charge in [-0.05, 0) is 49.6 Å². The van der Waals surface area contributed by atoms with E-state index < -0.39 is 0 Å². The molecule has 4 aromatic rings. The number of aromatic nitrogens is 2. The summed E-state index contributed by atoms with van der Waals surface area (Å²) in [5, 5.41) is 2.07. The van der Waals surface area contributed by atoms with Crippen LogP contribution in [0.3, 0.4) is 0 Å². The number of fused-ring (bicyclic) bond motifs is 1. The van der Waals surface area contributed by atoms with E-state index in [4.69, 9.17) is 4.42 Å². The summed E-state index contributed by atoms with van der Waals surface area (Å²) in [6.07, 6.45) is 1.75. The first-order chi connectivity index (χ1) is 15.2. The molecule has 158 valence electrons. The van der Waals surface area contributed by atoms with Gasteiger partial charge in [0.2, 0.25) is 0 Å². The Balaban J connectivity index is 1.17. The Hall–Kier alpha value is -2.64. The number of carbonyl (C=O) groups is 1. The van der Waals surface area contributed by atoms with E-state index in [0.29, 0.717) is 0 Å². The number of aryl methyl sites for hydroxylation is 1. The molecule has 0 N–H and O–H groups in total. The molecule has 1 aliphatic rings. The van der Waals surface area contributed by atoms with E-state index in [9.17, 15) is 4.79 Å². The van der Waals surface area contributed by atoms with Crippen LogP contribution in [0, 0.1) is 6.92 Å². The SMILES string of the molecule is Cc1csc(SCc2ccc(C(=O)N3CCC(c4nc5ccccc5o4)CC3)cc2)n1. The fourth-order valence-corrected chi connectivity index (χ4v) is 5.67. The monoisotopic (exact) mass is 449 g/mol. The Morgan fingerprint density at radius 3 is 2.61 bits per heavy atom. The quantitative estimate of drug-likeness (QED) is 0.355. The molecular formula is C24H23N3O2S2. The van der Waals surface area contributed by atoms with E-state index in [2.05, 4.69) is 15.3 Å². The Bertz CT molecular complexity index is 1160. The van der Waals surface area contributed by atoms with Crippen LogP contribution in [0.1, 0.15) is 46.3 Å². The van der Waals surface area contributed by atoms with Crippen LogP contribution in [-0.4, -0.2) is 33.9 Å². The molecule has 2 aromatic heterocycles. The molecule has 0 bridgehead atoms. The highest BCUT2D eigenvalue weighted by Crippen LogP contribution is 2.31. The van der Waals surface area contributed by atoms with E-state index in [0.717, 1.165) is 64.3 Å². The highest BCUT2D eigenvalue weighted by Gasteiger charge is 2.27. The minimum Gasteiger partial charge on any atom is -0.440 e. The molecule has 0 atom stereocenters. The number of para-hydroxylation sites is 2. The molecule has 31 heavy (non-hydrogen) atoms. The van der Waals surface area contributed by atoms with Crippen LogP contribution < -0.4 is 0 Å². The van der Waals surface area contributed by atoms with E-state index in [1.807, 2.05) is 60.4 Å². The fourth-order valence-electron chi connectivity index (χ4n) is 3.86. The zero-order chi connectivity index (χ0) is 21.2. The predicted molar refractivity (Wildman–Crippen MR) is 125 cm³/mol. The molecule has 5 nitrogen and oxygen atoms in total. The number of piperidine rings is 1. The van der Waals surface area contributed by atoms with E-state index in [1.165, 1.54) is 5.56 Å². The van der Waals surface area contributed by atoms with Crippen LogP contribution in [0.15, 0.2) is 62.7 Å². The van der Waals surface area contributed by atoms with Crippen molar-refractivity contribution in [2.24, 2.45) is 0 Å². The van der Waals surface area contributed by atoms with Gasteiger partial charge < -0.3 is 9.32 Å².